The molecule has 0 atom stereocenters. The lowest BCUT2D eigenvalue weighted by Gasteiger charge is -2.35. The van der Waals surface area contributed by atoms with E-state index in [1.165, 1.54) is 6.07 Å². The first-order valence-electron chi connectivity index (χ1n) is 5.27. The molecular formula is C12H14F3N. The van der Waals surface area contributed by atoms with Crippen LogP contribution in [0.2, 0.25) is 0 Å². The van der Waals surface area contributed by atoms with Crippen molar-refractivity contribution in [2.24, 2.45) is 0 Å². The minimum atomic E-state index is -4.29. The molecule has 0 fully saturated rings. The first kappa shape index (κ1) is 11.3. The smallest absolute Gasteiger partial charge is 0.379 e. The van der Waals surface area contributed by atoms with Crippen LogP contribution in [0, 0.1) is 0 Å². The second kappa shape index (κ2) is 3.40. The third-order valence-corrected chi connectivity index (χ3v) is 2.94. The second-order valence-electron chi connectivity index (χ2n) is 4.85. The molecule has 0 bridgehead atoms. The molecule has 1 aromatic rings. The van der Waals surface area contributed by atoms with Crippen LogP contribution < -0.4 is 5.32 Å². The van der Waals surface area contributed by atoms with Gasteiger partial charge >= 0.3 is 6.18 Å². The molecule has 1 aliphatic rings. The van der Waals surface area contributed by atoms with Crippen LogP contribution in [0.3, 0.4) is 0 Å². The number of alkyl halides is 3. The maximum Gasteiger partial charge on any atom is 0.418 e. The number of halogens is 3. The Bertz CT molecular complexity index is 407. The molecule has 0 unspecified atom stereocenters. The molecule has 1 heterocycles. The van der Waals surface area contributed by atoms with E-state index in [2.05, 4.69) is 5.32 Å². The molecule has 0 aromatic heterocycles. The van der Waals surface area contributed by atoms with E-state index in [4.69, 9.17) is 0 Å². The summed E-state index contributed by atoms with van der Waals surface area (Å²) >= 11 is 0. The number of rotatable bonds is 0. The van der Waals surface area contributed by atoms with Crippen molar-refractivity contribution < 1.29 is 13.2 Å². The van der Waals surface area contributed by atoms with Crippen LogP contribution in [-0.2, 0) is 12.6 Å². The molecule has 2 rings (SSSR count). The van der Waals surface area contributed by atoms with Gasteiger partial charge in [-0.05, 0) is 38.3 Å². The fraction of sp³-hybridized carbons (Fsp3) is 0.500. The van der Waals surface area contributed by atoms with Crippen molar-refractivity contribution in [1.82, 2.24) is 0 Å². The molecule has 88 valence electrons. The van der Waals surface area contributed by atoms with Gasteiger partial charge in [-0.1, -0.05) is 12.1 Å². The van der Waals surface area contributed by atoms with E-state index in [1.54, 1.807) is 6.07 Å². The molecular weight excluding hydrogens is 215 g/mol. The largest absolute Gasteiger partial charge is 0.418 e. The summed E-state index contributed by atoms with van der Waals surface area (Å²) in [5, 5.41) is 2.99. The van der Waals surface area contributed by atoms with E-state index in [0.717, 1.165) is 18.1 Å². The van der Waals surface area contributed by atoms with Gasteiger partial charge in [-0.15, -0.1) is 0 Å². The Morgan fingerprint density at radius 2 is 1.94 bits per heavy atom. The van der Waals surface area contributed by atoms with E-state index < -0.39 is 11.7 Å². The molecule has 16 heavy (non-hydrogen) atoms. The number of para-hydroxylation sites is 1. The average molecular weight is 229 g/mol. The highest BCUT2D eigenvalue weighted by atomic mass is 19.4. The van der Waals surface area contributed by atoms with E-state index in [1.807, 2.05) is 13.8 Å². The predicted molar refractivity (Wildman–Crippen MR) is 57.5 cm³/mol. The third-order valence-electron chi connectivity index (χ3n) is 2.94. The zero-order valence-electron chi connectivity index (χ0n) is 9.28. The van der Waals surface area contributed by atoms with Crippen LogP contribution in [0.5, 0.6) is 0 Å². The Balaban J connectivity index is 2.51. The number of anilines is 1. The molecule has 0 radical (unpaired) electrons. The van der Waals surface area contributed by atoms with E-state index in [0.29, 0.717) is 6.42 Å². The zero-order chi connectivity index (χ0) is 12.0. The van der Waals surface area contributed by atoms with Gasteiger partial charge in [0.2, 0.25) is 0 Å². The molecule has 1 nitrogen and oxygen atoms in total. The van der Waals surface area contributed by atoms with E-state index in [9.17, 15) is 13.2 Å². The highest BCUT2D eigenvalue weighted by Gasteiger charge is 2.37. The predicted octanol–water partition coefficient (Wildman–Crippen LogP) is 3.84. The lowest BCUT2D eigenvalue weighted by Crippen LogP contribution is -2.36. The monoisotopic (exact) mass is 229 g/mol. The molecule has 0 aliphatic carbocycles. The van der Waals surface area contributed by atoms with Crippen LogP contribution in [-0.4, -0.2) is 5.54 Å². The van der Waals surface area contributed by atoms with Crippen molar-refractivity contribution >= 4 is 5.69 Å². The van der Waals surface area contributed by atoms with Crippen LogP contribution in [0.15, 0.2) is 18.2 Å². The molecule has 0 spiro atoms. The summed E-state index contributed by atoms with van der Waals surface area (Å²) in [4.78, 5) is 0. The minimum absolute atomic E-state index is 0.256. The summed E-state index contributed by atoms with van der Waals surface area (Å²) in [6.45, 7) is 3.84. The maximum absolute atomic E-state index is 12.8. The van der Waals surface area contributed by atoms with Crippen molar-refractivity contribution in [2.45, 2.75) is 38.4 Å². The van der Waals surface area contributed by atoms with Gasteiger partial charge in [-0.25, -0.2) is 0 Å². The zero-order valence-corrected chi connectivity index (χ0v) is 9.28. The summed E-state index contributed by atoms with van der Waals surface area (Å²) in [6.07, 6.45) is -2.74. The van der Waals surface area contributed by atoms with Gasteiger partial charge in [0.1, 0.15) is 0 Å². The standard InChI is InChI=1S/C12H14F3N/c1-11(2)7-6-8-4-3-5-9(10(8)16-11)12(13,14)15/h3-5,16H,6-7H2,1-2H3. The number of fused-ring (bicyclic) bond motifs is 1. The van der Waals surface area contributed by atoms with Crippen LogP contribution in [0.4, 0.5) is 18.9 Å². The van der Waals surface area contributed by atoms with Gasteiger partial charge in [0.05, 0.1) is 5.56 Å². The number of hydrogen-bond acceptors (Lipinski definition) is 1. The Labute approximate surface area is 92.7 Å². The number of aryl methyl sites for hydroxylation is 1. The minimum Gasteiger partial charge on any atom is -0.379 e. The fourth-order valence-corrected chi connectivity index (χ4v) is 2.04. The van der Waals surface area contributed by atoms with Crippen molar-refractivity contribution in [1.29, 1.82) is 0 Å². The van der Waals surface area contributed by atoms with Crippen LogP contribution >= 0.6 is 0 Å². The lowest BCUT2D eigenvalue weighted by molar-refractivity contribution is -0.137. The fourth-order valence-electron chi connectivity index (χ4n) is 2.04. The summed E-state index contributed by atoms with van der Waals surface area (Å²) in [7, 11) is 0. The first-order chi connectivity index (χ1) is 7.30. The number of hydrogen-bond donors (Lipinski definition) is 1. The number of benzene rings is 1. The summed E-state index contributed by atoms with van der Waals surface area (Å²) in [5.74, 6) is 0. The molecule has 1 aromatic carbocycles. The van der Waals surface area contributed by atoms with Crippen LogP contribution in [0.25, 0.3) is 0 Å². The first-order valence-corrected chi connectivity index (χ1v) is 5.27. The van der Waals surface area contributed by atoms with Crippen molar-refractivity contribution in [2.75, 3.05) is 5.32 Å². The van der Waals surface area contributed by atoms with Gasteiger partial charge in [-0.2, -0.15) is 13.2 Å². The Hall–Kier alpha value is -1.19. The second-order valence-corrected chi connectivity index (χ2v) is 4.85. The number of nitrogens with one attached hydrogen (secondary N) is 1. The Morgan fingerprint density at radius 1 is 1.25 bits per heavy atom. The third kappa shape index (κ3) is 2.01. The van der Waals surface area contributed by atoms with Crippen LogP contribution in [0.1, 0.15) is 31.4 Å². The Kier molecular flexibility index (Phi) is 2.40. The summed E-state index contributed by atoms with van der Waals surface area (Å²) in [6, 6.07) is 4.36. The highest BCUT2D eigenvalue weighted by Crippen LogP contribution is 2.40. The van der Waals surface area contributed by atoms with Gasteiger partial charge < -0.3 is 5.32 Å². The SMILES string of the molecule is CC1(C)CCc2cccc(C(F)(F)F)c2N1. The van der Waals surface area contributed by atoms with E-state index >= 15 is 0 Å². The Morgan fingerprint density at radius 3 is 2.56 bits per heavy atom. The summed E-state index contributed by atoms with van der Waals surface area (Å²) in [5.41, 5.74) is 0.187. The molecule has 0 saturated heterocycles. The molecule has 1 aliphatic heterocycles. The molecule has 4 heteroatoms. The topological polar surface area (TPSA) is 12.0 Å². The highest BCUT2D eigenvalue weighted by molar-refractivity contribution is 5.61. The normalized spacial score (nSPS) is 18.8. The average Bonchev–Trinajstić information content (AvgIpc) is 2.13. The van der Waals surface area contributed by atoms with Gasteiger partial charge in [0.15, 0.2) is 0 Å². The van der Waals surface area contributed by atoms with Gasteiger partial charge in [-0.3, -0.25) is 0 Å². The lowest BCUT2D eigenvalue weighted by atomic mass is 9.88. The quantitative estimate of drug-likeness (QED) is 0.712. The van der Waals surface area contributed by atoms with E-state index in [-0.39, 0.29) is 11.2 Å². The van der Waals surface area contributed by atoms with Crippen molar-refractivity contribution in [3.05, 3.63) is 29.3 Å². The molecule has 0 amide bonds. The molecule has 1 N–H and O–H groups in total. The van der Waals surface area contributed by atoms with Gasteiger partial charge in [0, 0.05) is 11.2 Å². The van der Waals surface area contributed by atoms with Crippen molar-refractivity contribution in [3.63, 3.8) is 0 Å². The van der Waals surface area contributed by atoms with Gasteiger partial charge in [0.25, 0.3) is 0 Å². The van der Waals surface area contributed by atoms with Crippen molar-refractivity contribution in [3.8, 4) is 0 Å². The molecule has 0 saturated carbocycles. The summed E-state index contributed by atoms with van der Waals surface area (Å²) < 4.78 is 38.4. The maximum atomic E-state index is 12.8.